The predicted molar refractivity (Wildman–Crippen MR) is 109 cm³/mol. The molecular formula is C22H29N3O4. The molecule has 1 amide bonds. The number of methoxy groups -OCH3 is 1. The van der Waals surface area contributed by atoms with Crippen LogP contribution < -0.4 is 4.74 Å². The highest BCUT2D eigenvalue weighted by atomic mass is 16.5. The topological polar surface area (TPSA) is 84.7 Å². The minimum atomic E-state index is -0.953. The van der Waals surface area contributed by atoms with E-state index in [0.717, 1.165) is 30.6 Å². The van der Waals surface area contributed by atoms with Crippen molar-refractivity contribution in [2.24, 2.45) is 5.92 Å². The third kappa shape index (κ3) is 4.78. The third-order valence-corrected chi connectivity index (χ3v) is 5.72. The lowest BCUT2D eigenvalue weighted by atomic mass is 9.96. The second-order valence-electron chi connectivity index (χ2n) is 7.83. The van der Waals surface area contributed by atoms with Crippen LogP contribution >= 0.6 is 0 Å². The Labute approximate surface area is 171 Å². The summed E-state index contributed by atoms with van der Waals surface area (Å²) in [5, 5.41) is 13.5. The molecule has 3 rings (SSSR count). The minimum absolute atomic E-state index is 0.137. The van der Waals surface area contributed by atoms with Crippen molar-refractivity contribution in [3.8, 4) is 5.75 Å². The van der Waals surface area contributed by atoms with Crippen LogP contribution in [0.4, 0.5) is 0 Å². The number of aromatic carboxylic acids is 1. The monoisotopic (exact) mass is 399 g/mol. The Morgan fingerprint density at radius 2 is 1.97 bits per heavy atom. The van der Waals surface area contributed by atoms with E-state index in [1.165, 1.54) is 6.20 Å². The molecule has 7 nitrogen and oxygen atoms in total. The fourth-order valence-corrected chi connectivity index (χ4v) is 4.11. The number of hydrogen-bond acceptors (Lipinski definition) is 4. The lowest BCUT2D eigenvalue weighted by Crippen LogP contribution is -2.40. The minimum Gasteiger partial charge on any atom is -0.496 e. The lowest BCUT2D eigenvalue weighted by molar-refractivity contribution is -0.133. The van der Waals surface area contributed by atoms with Gasteiger partial charge >= 0.3 is 5.97 Å². The molecule has 1 unspecified atom stereocenters. The highest BCUT2D eigenvalue weighted by Gasteiger charge is 2.27. The normalized spacial score (nSPS) is 15.9. The molecule has 1 aromatic carbocycles. The van der Waals surface area contributed by atoms with E-state index in [1.807, 2.05) is 29.2 Å². The summed E-state index contributed by atoms with van der Waals surface area (Å²) in [7, 11) is 1.67. The number of aromatic nitrogens is 2. The van der Waals surface area contributed by atoms with Crippen LogP contribution in [-0.2, 0) is 11.2 Å². The maximum absolute atomic E-state index is 12.8. The molecule has 1 fully saturated rings. The van der Waals surface area contributed by atoms with Crippen molar-refractivity contribution in [2.75, 3.05) is 20.2 Å². The molecule has 0 bridgehead atoms. The smallest absolute Gasteiger partial charge is 0.339 e. The maximum atomic E-state index is 12.8. The average Bonchev–Trinajstić information content (AvgIpc) is 3.10. The van der Waals surface area contributed by atoms with Crippen LogP contribution in [0.25, 0.3) is 0 Å². The fraction of sp³-hybridized carbons (Fsp3) is 0.500. The van der Waals surface area contributed by atoms with Crippen LogP contribution in [0.15, 0.2) is 30.5 Å². The Morgan fingerprint density at radius 3 is 2.59 bits per heavy atom. The molecule has 0 spiro atoms. The number of ether oxygens (including phenoxy) is 1. The number of rotatable bonds is 7. The molecule has 0 radical (unpaired) electrons. The van der Waals surface area contributed by atoms with Crippen molar-refractivity contribution in [1.82, 2.24) is 14.7 Å². The third-order valence-electron chi connectivity index (χ3n) is 5.72. The van der Waals surface area contributed by atoms with Crippen molar-refractivity contribution in [3.05, 3.63) is 47.3 Å². The van der Waals surface area contributed by atoms with Gasteiger partial charge in [-0.25, -0.2) is 4.79 Å². The van der Waals surface area contributed by atoms with E-state index >= 15 is 0 Å². The Hall–Kier alpha value is -2.83. The maximum Gasteiger partial charge on any atom is 0.339 e. The van der Waals surface area contributed by atoms with Crippen molar-refractivity contribution in [1.29, 1.82) is 0 Å². The number of hydrogen-bond donors (Lipinski definition) is 1. The highest BCUT2D eigenvalue weighted by molar-refractivity contribution is 5.88. The van der Waals surface area contributed by atoms with Crippen molar-refractivity contribution in [2.45, 2.75) is 45.6 Å². The molecule has 2 heterocycles. The summed E-state index contributed by atoms with van der Waals surface area (Å²) in [4.78, 5) is 25.9. The van der Waals surface area contributed by atoms with Gasteiger partial charge in [-0.3, -0.25) is 9.48 Å². The van der Waals surface area contributed by atoms with E-state index in [0.29, 0.717) is 25.2 Å². The summed E-state index contributed by atoms with van der Waals surface area (Å²) in [6.45, 7) is 5.23. The first-order valence-electron chi connectivity index (χ1n) is 10.1. The second-order valence-corrected chi connectivity index (χ2v) is 7.83. The number of carboxylic acid groups (broad SMARTS) is 1. The average molecular weight is 399 g/mol. The summed E-state index contributed by atoms with van der Waals surface area (Å²) >= 11 is 0. The van der Waals surface area contributed by atoms with E-state index in [9.17, 15) is 14.7 Å². The number of carbonyl (C=O) groups is 2. The van der Waals surface area contributed by atoms with E-state index in [4.69, 9.17) is 4.74 Å². The van der Waals surface area contributed by atoms with Gasteiger partial charge in [0.25, 0.3) is 0 Å². The molecule has 1 atom stereocenters. The Balaban J connectivity index is 1.53. The number of amides is 1. The summed E-state index contributed by atoms with van der Waals surface area (Å²) in [5.74, 6) is 0.311. The van der Waals surface area contributed by atoms with Crippen LogP contribution in [0.5, 0.6) is 5.75 Å². The van der Waals surface area contributed by atoms with Gasteiger partial charge in [0.2, 0.25) is 5.91 Å². The van der Waals surface area contributed by atoms with Crippen LogP contribution in [0.2, 0.25) is 0 Å². The first kappa shape index (κ1) is 20.9. The summed E-state index contributed by atoms with van der Waals surface area (Å²) in [5.41, 5.74) is 2.04. The number of para-hydroxylation sites is 1. The van der Waals surface area contributed by atoms with E-state index < -0.39 is 5.97 Å². The van der Waals surface area contributed by atoms with Crippen LogP contribution in [0, 0.1) is 12.8 Å². The molecule has 1 N–H and O–H groups in total. The van der Waals surface area contributed by atoms with Crippen LogP contribution in [0.1, 0.15) is 53.8 Å². The molecule has 29 heavy (non-hydrogen) atoms. The molecule has 0 saturated carbocycles. The lowest BCUT2D eigenvalue weighted by Gasteiger charge is -2.33. The molecule has 1 aromatic heterocycles. The van der Waals surface area contributed by atoms with Gasteiger partial charge in [-0.05, 0) is 43.7 Å². The highest BCUT2D eigenvalue weighted by Crippen LogP contribution is 2.26. The Kier molecular flexibility index (Phi) is 6.56. The zero-order chi connectivity index (χ0) is 21.0. The SMILES string of the molecule is COc1ccccc1CC(C)CC(=O)N1CCC(n2ncc(C(=O)O)c2C)CC1. The van der Waals surface area contributed by atoms with Gasteiger partial charge in [0.1, 0.15) is 11.3 Å². The number of carbonyl (C=O) groups excluding carboxylic acids is 1. The summed E-state index contributed by atoms with van der Waals surface area (Å²) < 4.78 is 7.21. The fourth-order valence-electron chi connectivity index (χ4n) is 4.11. The number of nitrogens with zero attached hydrogens (tertiary/aromatic N) is 3. The molecule has 2 aromatic rings. The molecular weight excluding hydrogens is 370 g/mol. The number of likely N-dealkylation sites (tertiary alicyclic amines) is 1. The first-order chi connectivity index (χ1) is 13.9. The standard InChI is InChI=1S/C22H29N3O4/c1-15(12-17-6-4-5-7-20(17)29-3)13-21(26)24-10-8-18(9-11-24)25-16(2)19(14-23-25)22(27)28/h4-7,14-15,18H,8-13H2,1-3H3,(H,27,28). The van der Waals surface area contributed by atoms with E-state index in [2.05, 4.69) is 12.0 Å². The molecule has 1 aliphatic heterocycles. The molecule has 1 saturated heterocycles. The van der Waals surface area contributed by atoms with Crippen molar-refractivity contribution < 1.29 is 19.4 Å². The van der Waals surface area contributed by atoms with Crippen molar-refractivity contribution in [3.63, 3.8) is 0 Å². The Morgan fingerprint density at radius 1 is 1.28 bits per heavy atom. The van der Waals surface area contributed by atoms with Gasteiger partial charge < -0.3 is 14.7 Å². The molecule has 156 valence electrons. The quantitative estimate of drug-likeness (QED) is 0.772. The molecule has 0 aliphatic carbocycles. The molecule has 7 heteroatoms. The number of piperidine rings is 1. The summed E-state index contributed by atoms with van der Waals surface area (Å²) in [6.07, 6.45) is 4.29. The van der Waals surface area contributed by atoms with E-state index in [-0.39, 0.29) is 23.4 Å². The first-order valence-corrected chi connectivity index (χ1v) is 10.1. The van der Waals surface area contributed by atoms with Gasteiger partial charge in [-0.1, -0.05) is 25.1 Å². The largest absolute Gasteiger partial charge is 0.496 e. The number of carboxylic acids is 1. The van der Waals surface area contributed by atoms with Gasteiger partial charge in [-0.2, -0.15) is 5.10 Å². The van der Waals surface area contributed by atoms with Crippen molar-refractivity contribution >= 4 is 11.9 Å². The zero-order valence-corrected chi connectivity index (χ0v) is 17.3. The van der Waals surface area contributed by atoms with E-state index in [1.54, 1.807) is 18.7 Å². The van der Waals surface area contributed by atoms with Gasteiger partial charge in [0.05, 0.1) is 25.0 Å². The predicted octanol–water partition coefficient (Wildman–Crippen LogP) is 3.33. The van der Waals surface area contributed by atoms with Crippen LogP contribution in [-0.4, -0.2) is 51.9 Å². The van der Waals surface area contributed by atoms with Gasteiger partial charge in [-0.15, -0.1) is 0 Å². The van der Waals surface area contributed by atoms with Gasteiger partial charge in [0, 0.05) is 19.5 Å². The number of benzene rings is 1. The Bertz CT molecular complexity index is 869. The second kappa shape index (κ2) is 9.11. The van der Waals surface area contributed by atoms with Crippen LogP contribution in [0.3, 0.4) is 0 Å². The zero-order valence-electron chi connectivity index (χ0n) is 17.3. The van der Waals surface area contributed by atoms with Gasteiger partial charge in [0.15, 0.2) is 0 Å². The summed E-state index contributed by atoms with van der Waals surface area (Å²) in [6, 6.07) is 8.07. The molecule has 1 aliphatic rings.